The number of nitrogens with zero attached hydrogens (tertiary/aromatic N) is 2. The van der Waals surface area contributed by atoms with E-state index in [2.05, 4.69) is 4.72 Å². The lowest BCUT2D eigenvalue weighted by atomic mass is 10.1. The molecule has 0 aliphatic carbocycles. The van der Waals surface area contributed by atoms with Crippen molar-refractivity contribution in [1.29, 1.82) is 0 Å². The largest absolute Gasteiger partial charge is 0.296 e. The summed E-state index contributed by atoms with van der Waals surface area (Å²) in [5, 5.41) is 0.0930. The third kappa shape index (κ3) is 3.52. The second-order valence-corrected chi connectivity index (χ2v) is 8.48. The Bertz CT molecular complexity index is 1130. The first-order valence-corrected chi connectivity index (χ1v) is 10.2. The fraction of sp³-hybridized carbons (Fsp3) is 0.211. The minimum Gasteiger partial charge on any atom is -0.283 e. The average Bonchev–Trinajstić information content (AvgIpc) is 2.85. The maximum atomic E-state index is 13.1. The Morgan fingerprint density at radius 3 is 2.19 bits per heavy atom. The van der Waals surface area contributed by atoms with E-state index in [1.807, 2.05) is 32.0 Å². The molecule has 3 rings (SSSR count). The molecule has 3 aromatic rings. The molecular formula is C19H20ClN3O3S. The van der Waals surface area contributed by atoms with E-state index >= 15 is 0 Å². The maximum absolute atomic E-state index is 13.1. The first-order valence-electron chi connectivity index (χ1n) is 8.38. The minimum absolute atomic E-state index is 0.0243. The minimum atomic E-state index is -4.02. The molecule has 0 radical (unpaired) electrons. The first-order chi connectivity index (χ1) is 12.7. The Balaban J connectivity index is 2.19. The van der Waals surface area contributed by atoms with Gasteiger partial charge in [0.2, 0.25) is 0 Å². The highest BCUT2D eigenvalue weighted by Crippen LogP contribution is 2.27. The summed E-state index contributed by atoms with van der Waals surface area (Å²) in [6, 6.07) is 15.2. The van der Waals surface area contributed by atoms with Gasteiger partial charge in [0.25, 0.3) is 15.6 Å². The van der Waals surface area contributed by atoms with Crippen LogP contribution in [0.1, 0.15) is 25.5 Å². The lowest BCUT2D eigenvalue weighted by Crippen LogP contribution is -2.23. The lowest BCUT2D eigenvalue weighted by Gasteiger charge is -2.13. The third-order valence-corrected chi connectivity index (χ3v) is 6.07. The molecule has 0 spiro atoms. The number of anilines is 1. The second-order valence-electron chi connectivity index (χ2n) is 6.43. The van der Waals surface area contributed by atoms with Crippen LogP contribution in [0.25, 0.3) is 5.69 Å². The van der Waals surface area contributed by atoms with Crippen LogP contribution >= 0.6 is 11.6 Å². The molecule has 1 heterocycles. The van der Waals surface area contributed by atoms with E-state index < -0.39 is 15.6 Å². The van der Waals surface area contributed by atoms with Gasteiger partial charge < -0.3 is 0 Å². The van der Waals surface area contributed by atoms with Gasteiger partial charge >= 0.3 is 0 Å². The van der Waals surface area contributed by atoms with E-state index in [1.54, 1.807) is 36.0 Å². The van der Waals surface area contributed by atoms with Gasteiger partial charge in [-0.2, -0.15) is 0 Å². The summed E-state index contributed by atoms with van der Waals surface area (Å²) < 4.78 is 31.3. The molecule has 1 N–H and O–H groups in total. The van der Waals surface area contributed by atoms with Gasteiger partial charge in [-0.1, -0.05) is 55.8 Å². The second kappa shape index (κ2) is 7.25. The molecule has 0 unspecified atom stereocenters. The molecule has 8 heteroatoms. The zero-order chi connectivity index (χ0) is 19.8. The lowest BCUT2D eigenvalue weighted by molar-refractivity contribution is 0.594. The Morgan fingerprint density at radius 1 is 1.00 bits per heavy atom. The van der Waals surface area contributed by atoms with E-state index in [1.165, 1.54) is 16.8 Å². The quantitative estimate of drug-likeness (QED) is 0.702. The third-order valence-electron chi connectivity index (χ3n) is 4.22. The van der Waals surface area contributed by atoms with Gasteiger partial charge in [0.05, 0.1) is 16.4 Å². The standard InChI is InChI=1S/C19H20ClN3O3S/c1-13(2)18-17(21-27(25,26)16-12-8-7-11-15(16)20)19(24)23(22(18)3)14-9-5-4-6-10-14/h4-13,21H,1-3H3. The van der Waals surface area contributed by atoms with Crippen LogP contribution in [-0.2, 0) is 17.1 Å². The number of sulfonamides is 1. The van der Waals surface area contributed by atoms with Crippen LogP contribution in [0.15, 0.2) is 64.3 Å². The van der Waals surface area contributed by atoms with Crippen molar-refractivity contribution in [3.8, 4) is 5.69 Å². The topological polar surface area (TPSA) is 73.1 Å². The number of hydrogen-bond donors (Lipinski definition) is 1. The van der Waals surface area contributed by atoms with E-state index in [4.69, 9.17) is 11.6 Å². The maximum Gasteiger partial charge on any atom is 0.296 e. The van der Waals surface area contributed by atoms with Crippen molar-refractivity contribution < 1.29 is 8.42 Å². The van der Waals surface area contributed by atoms with Crippen molar-refractivity contribution >= 4 is 27.3 Å². The van der Waals surface area contributed by atoms with Crippen molar-refractivity contribution in [2.45, 2.75) is 24.7 Å². The van der Waals surface area contributed by atoms with Gasteiger partial charge in [-0.15, -0.1) is 0 Å². The Labute approximate surface area is 163 Å². The number of benzene rings is 2. The average molecular weight is 406 g/mol. The molecule has 6 nitrogen and oxygen atoms in total. The summed E-state index contributed by atoms with van der Waals surface area (Å²) >= 11 is 6.04. The highest BCUT2D eigenvalue weighted by Gasteiger charge is 2.26. The molecule has 27 heavy (non-hydrogen) atoms. The van der Waals surface area contributed by atoms with Crippen molar-refractivity contribution in [1.82, 2.24) is 9.36 Å². The van der Waals surface area contributed by atoms with E-state index in [0.29, 0.717) is 11.4 Å². The van der Waals surface area contributed by atoms with Gasteiger partial charge in [-0.05, 0) is 30.2 Å². The zero-order valence-electron chi connectivity index (χ0n) is 15.2. The molecule has 0 atom stereocenters. The molecular weight excluding hydrogens is 386 g/mol. The summed E-state index contributed by atoms with van der Waals surface area (Å²) in [5.41, 5.74) is 0.814. The van der Waals surface area contributed by atoms with Crippen LogP contribution in [0.3, 0.4) is 0 Å². The van der Waals surface area contributed by atoms with Crippen LogP contribution in [0, 0.1) is 0 Å². The number of hydrogen-bond acceptors (Lipinski definition) is 3. The van der Waals surface area contributed by atoms with Crippen molar-refractivity contribution in [3.05, 3.63) is 75.7 Å². The molecule has 1 aromatic heterocycles. The van der Waals surface area contributed by atoms with E-state index in [9.17, 15) is 13.2 Å². The smallest absolute Gasteiger partial charge is 0.283 e. The van der Waals surface area contributed by atoms with Gasteiger partial charge in [0, 0.05) is 7.05 Å². The van der Waals surface area contributed by atoms with Crippen LogP contribution in [0.2, 0.25) is 5.02 Å². The Hall–Kier alpha value is -2.51. The summed E-state index contributed by atoms with van der Waals surface area (Å²) in [5.74, 6) is -0.0865. The van der Waals surface area contributed by atoms with Crippen molar-refractivity contribution in [3.63, 3.8) is 0 Å². The molecule has 0 aliphatic rings. The van der Waals surface area contributed by atoms with Crippen LogP contribution in [0.5, 0.6) is 0 Å². The van der Waals surface area contributed by atoms with Crippen LogP contribution < -0.4 is 10.3 Å². The van der Waals surface area contributed by atoms with Crippen LogP contribution in [-0.4, -0.2) is 17.8 Å². The van der Waals surface area contributed by atoms with E-state index in [0.717, 1.165) is 0 Å². The normalized spacial score (nSPS) is 11.7. The molecule has 0 bridgehead atoms. The fourth-order valence-corrected chi connectivity index (χ4v) is 4.68. The predicted octanol–water partition coefficient (Wildman–Crippen LogP) is 3.75. The first kappa shape index (κ1) is 19.3. The molecule has 0 fully saturated rings. The Morgan fingerprint density at radius 2 is 1.59 bits per heavy atom. The number of para-hydroxylation sites is 1. The number of aromatic nitrogens is 2. The van der Waals surface area contributed by atoms with Gasteiger partial charge in [0.1, 0.15) is 10.6 Å². The molecule has 0 saturated heterocycles. The molecule has 2 aromatic carbocycles. The summed E-state index contributed by atoms with van der Waals surface area (Å²) in [6.45, 7) is 3.80. The molecule has 0 amide bonds. The summed E-state index contributed by atoms with van der Waals surface area (Å²) in [7, 11) is -2.28. The monoisotopic (exact) mass is 405 g/mol. The van der Waals surface area contributed by atoms with Crippen molar-refractivity contribution in [2.24, 2.45) is 7.05 Å². The van der Waals surface area contributed by atoms with E-state index in [-0.39, 0.29) is 21.5 Å². The molecule has 0 aliphatic heterocycles. The predicted molar refractivity (Wildman–Crippen MR) is 107 cm³/mol. The van der Waals surface area contributed by atoms with Gasteiger partial charge in [-0.3, -0.25) is 14.2 Å². The molecule has 142 valence electrons. The number of rotatable bonds is 5. The zero-order valence-corrected chi connectivity index (χ0v) is 16.8. The number of halogens is 1. The van der Waals surface area contributed by atoms with Crippen LogP contribution in [0.4, 0.5) is 5.69 Å². The molecule has 0 saturated carbocycles. The van der Waals surface area contributed by atoms with Crippen molar-refractivity contribution in [2.75, 3.05) is 4.72 Å². The Kier molecular flexibility index (Phi) is 5.17. The SMILES string of the molecule is CC(C)c1c(NS(=O)(=O)c2ccccc2Cl)c(=O)n(-c2ccccc2)n1C. The van der Waals surface area contributed by atoms with Gasteiger partial charge in [0.15, 0.2) is 0 Å². The highest BCUT2D eigenvalue weighted by molar-refractivity contribution is 7.92. The fourth-order valence-electron chi connectivity index (χ4n) is 3.09. The highest BCUT2D eigenvalue weighted by atomic mass is 35.5. The van der Waals surface area contributed by atoms with Gasteiger partial charge in [-0.25, -0.2) is 13.1 Å². The number of nitrogens with one attached hydrogen (secondary N) is 1. The summed E-state index contributed by atoms with van der Waals surface area (Å²) in [4.78, 5) is 13.0. The summed E-state index contributed by atoms with van der Waals surface area (Å²) in [6.07, 6.45) is 0.